The summed E-state index contributed by atoms with van der Waals surface area (Å²) in [6.45, 7) is 3.59. The second-order valence-electron chi connectivity index (χ2n) is 12.9. The molecule has 0 amide bonds. The molecular weight excluding hydrogens is 965 g/mol. The number of rotatable bonds is 10. The van der Waals surface area contributed by atoms with Crippen molar-refractivity contribution in [1.29, 1.82) is 10.5 Å². The number of aromatic nitrogens is 7. The van der Waals surface area contributed by atoms with Crippen LogP contribution >= 0.6 is 81.1 Å². The summed E-state index contributed by atoms with van der Waals surface area (Å²) in [5, 5.41) is 34.8. The summed E-state index contributed by atoms with van der Waals surface area (Å²) >= 11 is 37.2. The van der Waals surface area contributed by atoms with Crippen LogP contribution in [0.4, 0.5) is 8.78 Å². The average molecular weight is 986 g/mol. The Morgan fingerprint density at radius 2 is 1.19 bits per heavy atom. The van der Waals surface area contributed by atoms with Gasteiger partial charge in [-0.25, -0.2) is 18.7 Å². The fourth-order valence-corrected chi connectivity index (χ4v) is 7.39. The molecule has 4 aromatic carbocycles. The van der Waals surface area contributed by atoms with Crippen molar-refractivity contribution in [2.75, 3.05) is 0 Å². The van der Waals surface area contributed by atoms with Gasteiger partial charge in [-0.2, -0.15) is 14.9 Å². The molecule has 0 atom stereocenters. The van der Waals surface area contributed by atoms with Crippen LogP contribution in [0.3, 0.4) is 0 Å². The molecule has 63 heavy (non-hydrogen) atoms. The Kier molecular flexibility index (Phi) is 14.0. The summed E-state index contributed by atoms with van der Waals surface area (Å²) in [5.74, 6) is -0.229. The lowest BCUT2D eigenvalue weighted by Crippen LogP contribution is -1.98. The van der Waals surface area contributed by atoms with E-state index in [4.69, 9.17) is 98.4 Å². The van der Waals surface area contributed by atoms with Crippen LogP contribution in [0.5, 0.6) is 23.0 Å². The Labute approximate surface area is 389 Å². The third kappa shape index (κ3) is 10.6. The zero-order chi connectivity index (χ0) is 44.9. The first-order valence-corrected chi connectivity index (χ1v) is 20.7. The summed E-state index contributed by atoms with van der Waals surface area (Å²) < 4.78 is 57.1. The highest BCUT2D eigenvalue weighted by Crippen LogP contribution is 2.39. The zero-order valence-corrected chi connectivity index (χ0v) is 37.2. The molecule has 4 aromatic heterocycles. The molecule has 0 N–H and O–H groups in total. The Hall–Kier alpha value is -5.95. The summed E-state index contributed by atoms with van der Waals surface area (Å²) in [5.41, 5.74) is 2.51. The fourth-order valence-electron chi connectivity index (χ4n) is 5.58. The van der Waals surface area contributed by atoms with Gasteiger partial charge in [-0.3, -0.25) is 0 Å². The highest BCUT2D eigenvalue weighted by atomic mass is 35.5. The zero-order valence-electron chi connectivity index (χ0n) is 31.9. The quantitative estimate of drug-likeness (QED) is 0.126. The van der Waals surface area contributed by atoms with Crippen LogP contribution < -0.4 is 9.47 Å². The van der Waals surface area contributed by atoms with Crippen molar-refractivity contribution in [2.45, 2.75) is 26.7 Å². The topological polar surface area (TPSA) is 183 Å². The van der Waals surface area contributed by atoms with Gasteiger partial charge in [0.1, 0.15) is 26.7 Å². The highest BCUT2D eigenvalue weighted by Gasteiger charge is 2.22. The van der Waals surface area contributed by atoms with E-state index in [1.54, 1.807) is 13.1 Å². The second kappa shape index (κ2) is 19.6. The van der Waals surface area contributed by atoms with Crippen molar-refractivity contribution in [2.24, 2.45) is 0 Å². The first-order chi connectivity index (χ1) is 30.2. The van der Waals surface area contributed by atoms with E-state index >= 15 is 8.78 Å². The maximum Gasteiger partial charge on any atom is 0.269 e. The van der Waals surface area contributed by atoms with Crippen LogP contribution in [0.15, 0.2) is 75.7 Å². The predicted octanol–water partition coefficient (Wildman–Crippen LogP) is 13.0. The first kappa shape index (κ1) is 45.1. The number of aryl methyl sites for hydroxylation is 2. The van der Waals surface area contributed by atoms with Crippen molar-refractivity contribution < 1.29 is 27.1 Å². The molecule has 0 bridgehead atoms. The van der Waals surface area contributed by atoms with Gasteiger partial charge in [-0.1, -0.05) is 81.7 Å². The molecule has 13 nitrogen and oxygen atoms in total. The van der Waals surface area contributed by atoms with Gasteiger partial charge in [0.25, 0.3) is 11.8 Å². The number of nitrogens with zero attached hydrogens (tertiary/aromatic N) is 9. The minimum absolute atomic E-state index is 0.0110. The second-order valence-corrected chi connectivity index (χ2v) is 16.3. The van der Waals surface area contributed by atoms with Crippen LogP contribution in [0, 0.1) is 48.1 Å². The lowest BCUT2D eigenvalue weighted by atomic mass is 10.1. The van der Waals surface area contributed by atoms with Gasteiger partial charge >= 0.3 is 0 Å². The minimum atomic E-state index is -0.722. The molecule has 0 fully saturated rings. The van der Waals surface area contributed by atoms with Gasteiger partial charge in [0.2, 0.25) is 11.8 Å². The maximum atomic E-state index is 15.2. The van der Waals surface area contributed by atoms with Crippen molar-refractivity contribution in [3.63, 3.8) is 0 Å². The molecule has 316 valence electrons. The van der Waals surface area contributed by atoms with Crippen molar-refractivity contribution in [3.05, 3.63) is 153 Å². The predicted molar refractivity (Wildman–Crippen MR) is 231 cm³/mol. The SMILES string of the molecule is Cc1ncc(-c2nnc(Cc3ccc(Cl)c(Oc4cc(Cl)cc(C#N)c4)c3F)o2)c(C)n1.N#Cc1cc(Cl)cc(Oc2c(Cl)ccc(Cc3nnc(-c4nsc(Cl)c4Cl)o3)c2F)c1. The van der Waals surface area contributed by atoms with E-state index in [0.29, 0.717) is 21.4 Å². The molecule has 0 aliphatic carbocycles. The number of ether oxygens (including phenoxy) is 2. The van der Waals surface area contributed by atoms with Gasteiger partial charge < -0.3 is 18.3 Å². The van der Waals surface area contributed by atoms with Crippen molar-refractivity contribution >= 4 is 81.1 Å². The number of hydrogen-bond donors (Lipinski definition) is 0. The molecule has 8 aromatic rings. The van der Waals surface area contributed by atoms with Crippen LogP contribution in [-0.2, 0) is 12.8 Å². The maximum absolute atomic E-state index is 15.2. The molecule has 8 rings (SSSR count). The van der Waals surface area contributed by atoms with E-state index < -0.39 is 11.6 Å². The van der Waals surface area contributed by atoms with E-state index in [2.05, 4.69) is 34.7 Å². The Balaban J connectivity index is 0.000000189. The fraction of sp³-hybridized carbons (Fsp3) is 0.0976. The monoisotopic (exact) mass is 983 g/mol. The Morgan fingerprint density at radius 1 is 0.683 bits per heavy atom. The molecule has 0 unspecified atom stereocenters. The largest absolute Gasteiger partial charge is 0.453 e. The number of hydrogen-bond acceptors (Lipinski definition) is 14. The molecule has 4 heterocycles. The van der Waals surface area contributed by atoms with E-state index in [-0.39, 0.29) is 112 Å². The Bertz CT molecular complexity index is 3120. The van der Waals surface area contributed by atoms with Crippen molar-refractivity contribution in [1.82, 2.24) is 34.7 Å². The van der Waals surface area contributed by atoms with E-state index in [1.807, 2.05) is 19.1 Å². The van der Waals surface area contributed by atoms with Gasteiger partial charge in [-0.05, 0) is 73.9 Å². The normalized spacial score (nSPS) is 10.8. The summed E-state index contributed by atoms with van der Waals surface area (Å²) in [6.07, 6.45) is 1.57. The molecular formula is C41H21Cl6F2N9O4S. The lowest BCUT2D eigenvalue weighted by molar-refractivity contribution is 0.437. The summed E-state index contributed by atoms with van der Waals surface area (Å²) in [7, 11) is 0. The first-order valence-electron chi connectivity index (χ1n) is 17.7. The molecule has 0 spiro atoms. The third-order valence-corrected chi connectivity index (χ3v) is 11.1. The third-order valence-electron chi connectivity index (χ3n) is 8.45. The molecule has 0 saturated carbocycles. The summed E-state index contributed by atoms with van der Waals surface area (Å²) in [4.78, 5) is 8.42. The summed E-state index contributed by atoms with van der Waals surface area (Å²) in [6, 6.07) is 18.5. The number of halogens is 8. The highest BCUT2D eigenvalue weighted by molar-refractivity contribution is 7.11. The van der Waals surface area contributed by atoms with Crippen LogP contribution in [0.1, 0.15) is 45.6 Å². The average Bonchev–Trinajstić information content (AvgIpc) is 4.00. The van der Waals surface area contributed by atoms with Crippen molar-refractivity contribution in [3.8, 4) is 58.2 Å². The van der Waals surface area contributed by atoms with Crippen LogP contribution in [0.25, 0.3) is 23.0 Å². The molecule has 0 saturated heterocycles. The molecule has 22 heteroatoms. The van der Waals surface area contributed by atoms with E-state index in [1.165, 1.54) is 60.7 Å². The van der Waals surface area contributed by atoms with Gasteiger partial charge in [0.05, 0.1) is 57.4 Å². The van der Waals surface area contributed by atoms with Gasteiger partial charge in [0, 0.05) is 27.4 Å². The Morgan fingerprint density at radius 3 is 1.67 bits per heavy atom. The number of benzene rings is 4. The molecule has 0 aliphatic heterocycles. The van der Waals surface area contributed by atoms with Crippen LogP contribution in [0.2, 0.25) is 29.4 Å². The standard InChI is InChI=1S/C22H14Cl2FN5O2.C19H7Cl4FN4O2S/c1-11-17(10-27-12(2)28-11)22-30-29-19(32-22)7-14-3-4-18(24)21(20(14)25)31-16-6-13(9-26)5-15(23)8-16;20-10-3-8(7-25)4-11(6-10)29-17-12(21)2-1-9(15(17)24)5-13-26-27-19(30-13)16-14(22)18(23)31-28-16/h3-6,8,10H,7H2,1-2H3;1-4,6H,5H2. The molecule has 0 aliphatic rings. The number of nitriles is 2. The van der Waals surface area contributed by atoms with E-state index in [9.17, 15) is 0 Å². The molecule has 0 radical (unpaired) electrons. The van der Waals surface area contributed by atoms with E-state index in [0.717, 1.165) is 11.5 Å². The lowest BCUT2D eigenvalue weighted by Gasteiger charge is -2.11. The van der Waals surface area contributed by atoms with Gasteiger partial charge in [0.15, 0.2) is 28.8 Å². The smallest absolute Gasteiger partial charge is 0.269 e. The minimum Gasteiger partial charge on any atom is -0.453 e. The van der Waals surface area contributed by atoms with Gasteiger partial charge in [-0.15, -0.1) is 20.4 Å². The van der Waals surface area contributed by atoms with Crippen LogP contribution in [-0.4, -0.2) is 34.7 Å².